The molecule has 0 radical (unpaired) electrons. The third-order valence-corrected chi connectivity index (χ3v) is 4.15. The predicted molar refractivity (Wildman–Crippen MR) is 80.0 cm³/mol. The summed E-state index contributed by atoms with van der Waals surface area (Å²) in [6.45, 7) is 7.71. The quantitative estimate of drug-likeness (QED) is 0.706. The molecule has 112 valence electrons. The van der Waals surface area contributed by atoms with Gasteiger partial charge in [-0.2, -0.15) is 0 Å². The second-order valence-electron chi connectivity index (χ2n) is 5.62. The highest BCUT2D eigenvalue weighted by atomic mass is 16.1. The van der Waals surface area contributed by atoms with E-state index in [0.717, 1.165) is 25.9 Å². The number of rotatable bonds is 8. The molecule has 2 atom stereocenters. The third-order valence-electron chi connectivity index (χ3n) is 4.15. The van der Waals surface area contributed by atoms with Crippen LogP contribution in [0.1, 0.15) is 52.4 Å². The topological polar surface area (TPSA) is 58.4 Å². The fourth-order valence-electron chi connectivity index (χ4n) is 2.98. The van der Waals surface area contributed by atoms with Crippen molar-refractivity contribution in [1.82, 2.24) is 10.2 Å². The van der Waals surface area contributed by atoms with Crippen molar-refractivity contribution in [3.63, 3.8) is 0 Å². The Morgan fingerprint density at radius 1 is 1.47 bits per heavy atom. The van der Waals surface area contributed by atoms with Gasteiger partial charge < -0.3 is 11.1 Å². The number of carbonyl (C=O) groups is 1. The molecule has 0 bridgehead atoms. The maximum atomic E-state index is 12.0. The van der Waals surface area contributed by atoms with Gasteiger partial charge in [0.2, 0.25) is 5.91 Å². The zero-order valence-electron chi connectivity index (χ0n) is 12.7. The number of amides is 1. The Labute approximate surface area is 118 Å². The number of nitrogens with two attached hydrogens (primary N) is 1. The fraction of sp³-hybridized carbons (Fsp3) is 0.933. The lowest BCUT2D eigenvalue weighted by Crippen LogP contribution is -2.47. The van der Waals surface area contributed by atoms with Crippen LogP contribution >= 0.6 is 0 Å². The van der Waals surface area contributed by atoms with Gasteiger partial charge >= 0.3 is 0 Å². The molecule has 1 aliphatic rings. The van der Waals surface area contributed by atoms with E-state index in [1.54, 1.807) is 0 Å². The van der Waals surface area contributed by atoms with Crippen molar-refractivity contribution in [1.29, 1.82) is 0 Å². The minimum absolute atomic E-state index is 0.163. The zero-order valence-corrected chi connectivity index (χ0v) is 12.7. The second kappa shape index (κ2) is 9.32. The number of hydrogen-bond acceptors (Lipinski definition) is 3. The van der Waals surface area contributed by atoms with Crippen LogP contribution in [0.2, 0.25) is 0 Å². The van der Waals surface area contributed by atoms with Crippen LogP contribution < -0.4 is 11.1 Å². The highest BCUT2D eigenvalue weighted by Gasteiger charge is 2.28. The molecule has 1 fully saturated rings. The highest BCUT2D eigenvalue weighted by molar-refractivity contribution is 5.78. The first kappa shape index (κ1) is 16.4. The Balaban J connectivity index is 2.45. The summed E-state index contributed by atoms with van der Waals surface area (Å²) in [5.74, 6) is 0.358. The van der Waals surface area contributed by atoms with Crippen LogP contribution in [0.15, 0.2) is 0 Å². The number of hydrogen-bond donors (Lipinski definition) is 2. The van der Waals surface area contributed by atoms with E-state index < -0.39 is 0 Å². The van der Waals surface area contributed by atoms with Gasteiger partial charge in [-0.25, -0.2) is 0 Å². The van der Waals surface area contributed by atoms with Crippen LogP contribution in [-0.4, -0.2) is 43.0 Å². The van der Waals surface area contributed by atoms with Gasteiger partial charge in [0.25, 0.3) is 0 Å². The number of nitrogens with one attached hydrogen (secondary N) is 1. The lowest BCUT2D eigenvalue weighted by molar-refractivity contribution is -0.127. The Morgan fingerprint density at radius 3 is 2.89 bits per heavy atom. The number of nitrogens with zero attached hydrogens (tertiary/aromatic N) is 1. The van der Waals surface area contributed by atoms with Crippen LogP contribution in [0.5, 0.6) is 0 Å². The van der Waals surface area contributed by atoms with Crippen LogP contribution in [0.4, 0.5) is 0 Å². The van der Waals surface area contributed by atoms with Gasteiger partial charge in [0, 0.05) is 25.7 Å². The van der Waals surface area contributed by atoms with E-state index in [1.807, 2.05) is 0 Å². The van der Waals surface area contributed by atoms with Crippen molar-refractivity contribution in [2.24, 2.45) is 11.7 Å². The van der Waals surface area contributed by atoms with E-state index in [-0.39, 0.29) is 11.8 Å². The average Bonchev–Trinajstić information content (AvgIpc) is 2.46. The molecule has 0 saturated carbocycles. The van der Waals surface area contributed by atoms with Crippen molar-refractivity contribution in [3.8, 4) is 0 Å². The van der Waals surface area contributed by atoms with Crippen LogP contribution in [0.3, 0.4) is 0 Å². The lowest BCUT2D eigenvalue weighted by Gasteiger charge is -2.37. The molecule has 1 saturated heterocycles. The van der Waals surface area contributed by atoms with E-state index >= 15 is 0 Å². The molecule has 0 aromatic carbocycles. The predicted octanol–water partition coefficient (Wildman–Crippen LogP) is 1.74. The first-order valence-corrected chi connectivity index (χ1v) is 7.94. The molecule has 0 aromatic heterocycles. The molecule has 4 heteroatoms. The highest BCUT2D eigenvalue weighted by Crippen LogP contribution is 2.22. The summed E-state index contributed by atoms with van der Waals surface area (Å²) in [7, 11) is 0. The standard InChI is InChI=1S/C15H31N3O/c1-3-5-8-14(4-2)18-11-6-7-13(12-18)15(19)17-10-9-16/h13-14H,3-12,16H2,1-2H3,(H,17,19). The summed E-state index contributed by atoms with van der Waals surface area (Å²) in [6, 6.07) is 0.657. The van der Waals surface area contributed by atoms with Gasteiger partial charge in [-0.15, -0.1) is 0 Å². The summed E-state index contributed by atoms with van der Waals surface area (Å²) in [6.07, 6.45) is 7.17. The normalized spacial score (nSPS) is 22.2. The van der Waals surface area contributed by atoms with E-state index in [0.29, 0.717) is 19.1 Å². The first-order valence-electron chi connectivity index (χ1n) is 7.94. The van der Waals surface area contributed by atoms with E-state index in [4.69, 9.17) is 5.73 Å². The number of unbranched alkanes of at least 4 members (excludes halogenated alkanes) is 1. The van der Waals surface area contributed by atoms with Crippen molar-refractivity contribution < 1.29 is 4.79 Å². The molecule has 3 N–H and O–H groups in total. The lowest BCUT2D eigenvalue weighted by atomic mass is 9.94. The van der Waals surface area contributed by atoms with Gasteiger partial charge in [0.1, 0.15) is 0 Å². The number of likely N-dealkylation sites (tertiary alicyclic amines) is 1. The zero-order chi connectivity index (χ0) is 14.1. The van der Waals surface area contributed by atoms with Gasteiger partial charge in [0.15, 0.2) is 0 Å². The van der Waals surface area contributed by atoms with E-state index in [1.165, 1.54) is 25.7 Å². The van der Waals surface area contributed by atoms with Crippen LogP contribution in [0.25, 0.3) is 0 Å². The van der Waals surface area contributed by atoms with Crippen LogP contribution in [0, 0.1) is 5.92 Å². The van der Waals surface area contributed by atoms with E-state index in [9.17, 15) is 4.79 Å². The molecule has 1 rings (SSSR count). The summed E-state index contributed by atoms with van der Waals surface area (Å²) >= 11 is 0. The molecule has 1 amide bonds. The van der Waals surface area contributed by atoms with Gasteiger partial charge in [-0.1, -0.05) is 26.7 Å². The van der Waals surface area contributed by atoms with Gasteiger partial charge in [0.05, 0.1) is 5.92 Å². The van der Waals surface area contributed by atoms with Crippen molar-refractivity contribution >= 4 is 5.91 Å². The summed E-state index contributed by atoms with van der Waals surface area (Å²) < 4.78 is 0. The molecular formula is C15H31N3O. The van der Waals surface area contributed by atoms with Crippen molar-refractivity contribution in [2.75, 3.05) is 26.2 Å². The molecule has 0 aromatic rings. The number of piperidine rings is 1. The number of carbonyl (C=O) groups excluding carboxylic acids is 1. The van der Waals surface area contributed by atoms with Crippen molar-refractivity contribution in [2.45, 2.75) is 58.4 Å². The molecule has 1 heterocycles. The Bertz CT molecular complexity index is 258. The minimum Gasteiger partial charge on any atom is -0.355 e. The molecule has 4 nitrogen and oxygen atoms in total. The molecule has 1 aliphatic heterocycles. The first-order chi connectivity index (χ1) is 9.22. The largest absolute Gasteiger partial charge is 0.355 e. The van der Waals surface area contributed by atoms with Crippen LogP contribution in [-0.2, 0) is 4.79 Å². The Hall–Kier alpha value is -0.610. The van der Waals surface area contributed by atoms with Crippen molar-refractivity contribution in [3.05, 3.63) is 0 Å². The molecule has 0 aliphatic carbocycles. The monoisotopic (exact) mass is 269 g/mol. The van der Waals surface area contributed by atoms with E-state index in [2.05, 4.69) is 24.1 Å². The molecular weight excluding hydrogens is 238 g/mol. The maximum absolute atomic E-state index is 12.0. The fourth-order valence-corrected chi connectivity index (χ4v) is 2.98. The Morgan fingerprint density at radius 2 is 2.26 bits per heavy atom. The summed E-state index contributed by atoms with van der Waals surface area (Å²) in [5.41, 5.74) is 5.43. The summed E-state index contributed by atoms with van der Waals surface area (Å²) in [5, 5.41) is 2.93. The summed E-state index contributed by atoms with van der Waals surface area (Å²) in [4.78, 5) is 14.6. The van der Waals surface area contributed by atoms with Gasteiger partial charge in [-0.3, -0.25) is 9.69 Å². The SMILES string of the molecule is CCCCC(CC)N1CCCC(C(=O)NCCN)C1. The second-order valence-corrected chi connectivity index (χ2v) is 5.62. The average molecular weight is 269 g/mol. The van der Waals surface area contributed by atoms with Gasteiger partial charge in [-0.05, 0) is 32.2 Å². The molecule has 0 spiro atoms. The third kappa shape index (κ3) is 5.49. The minimum atomic E-state index is 0.163. The Kier molecular flexibility index (Phi) is 8.07. The smallest absolute Gasteiger partial charge is 0.224 e. The molecule has 19 heavy (non-hydrogen) atoms. The maximum Gasteiger partial charge on any atom is 0.224 e. The molecule has 2 unspecified atom stereocenters.